The molecule has 0 amide bonds. The Bertz CT molecular complexity index is 1630. The molecular formula is C33H33N2O8P. The van der Waals surface area contributed by atoms with E-state index in [0.717, 1.165) is 29.2 Å². The average molecular weight is 617 g/mol. The average Bonchev–Trinajstić information content (AvgIpc) is 3.42. The van der Waals surface area contributed by atoms with E-state index >= 15 is 0 Å². The van der Waals surface area contributed by atoms with E-state index in [2.05, 4.69) is 18.1 Å². The third kappa shape index (κ3) is 6.39. The zero-order chi connectivity index (χ0) is 31.2. The summed E-state index contributed by atoms with van der Waals surface area (Å²) in [5, 5.41) is 0. The van der Waals surface area contributed by atoms with Crippen molar-refractivity contribution in [2.45, 2.75) is 37.4 Å². The number of rotatable bonds is 13. The van der Waals surface area contributed by atoms with Crippen LogP contribution >= 0.6 is 7.82 Å². The largest absolute Gasteiger partial charge is 0.586 e. The maximum absolute atomic E-state index is 13.4. The highest BCUT2D eigenvalue weighted by Gasteiger charge is 2.46. The molecule has 4 aromatic rings. The first-order chi connectivity index (χ1) is 21.3. The van der Waals surface area contributed by atoms with E-state index in [4.69, 9.17) is 23.0 Å². The van der Waals surface area contributed by atoms with Gasteiger partial charge in [-0.2, -0.15) is 0 Å². The van der Waals surface area contributed by atoms with Gasteiger partial charge in [0.25, 0.3) is 5.56 Å². The van der Waals surface area contributed by atoms with Crippen molar-refractivity contribution < 1.29 is 27.6 Å². The van der Waals surface area contributed by atoms with E-state index in [1.165, 1.54) is 10.8 Å². The van der Waals surface area contributed by atoms with Crippen molar-refractivity contribution in [1.29, 1.82) is 0 Å². The number of aryl methyl sites for hydroxylation is 1. The maximum Gasteiger partial charge on any atom is 0.586 e. The SMILES string of the molecule is C=COP(=O)(OC=C)O[C@H]1C[C@H](n2cc(C)c(=O)[nH]c2=O)O[C@@H]1COC(c1ccccc1)(c1ccccc1)c1ccccc1. The minimum atomic E-state index is -4.21. The molecule has 1 aliphatic heterocycles. The lowest BCUT2D eigenvalue weighted by Gasteiger charge is -2.37. The fourth-order valence-electron chi connectivity index (χ4n) is 5.33. The van der Waals surface area contributed by atoms with E-state index in [1.807, 2.05) is 91.0 Å². The second-order valence-electron chi connectivity index (χ2n) is 10.1. The van der Waals surface area contributed by atoms with Crippen LogP contribution in [0, 0.1) is 6.92 Å². The Hall–Kier alpha value is -4.47. The van der Waals surface area contributed by atoms with Crippen LogP contribution < -0.4 is 11.2 Å². The van der Waals surface area contributed by atoms with Gasteiger partial charge in [0.15, 0.2) is 0 Å². The van der Waals surface area contributed by atoms with Gasteiger partial charge < -0.3 is 18.5 Å². The second-order valence-corrected chi connectivity index (χ2v) is 11.6. The van der Waals surface area contributed by atoms with Crippen LogP contribution in [0.4, 0.5) is 0 Å². The summed E-state index contributed by atoms with van der Waals surface area (Å²) in [6.45, 7) is 8.43. The van der Waals surface area contributed by atoms with Gasteiger partial charge in [-0.15, -0.1) is 0 Å². The zero-order valence-electron chi connectivity index (χ0n) is 24.1. The van der Waals surface area contributed by atoms with Crippen LogP contribution in [0.1, 0.15) is 34.9 Å². The molecular weight excluding hydrogens is 583 g/mol. The zero-order valence-corrected chi connectivity index (χ0v) is 25.0. The van der Waals surface area contributed by atoms with Crippen molar-refractivity contribution >= 4 is 7.82 Å². The van der Waals surface area contributed by atoms with Crippen LogP contribution in [0.5, 0.6) is 0 Å². The minimum Gasteiger partial charge on any atom is -0.404 e. The van der Waals surface area contributed by atoms with Gasteiger partial charge in [-0.05, 0) is 23.6 Å². The first-order valence-corrected chi connectivity index (χ1v) is 15.4. The van der Waals surface area contributed by atoms with Crippen molar-refractivity contribution in [3.63, 3.8) is 0 Å². The third-order valence-corrected chi connectivity index (χ3v) is 8.66. The highest BCUT2D eigenvalue weighted by Crippen LogP contribution is 2.53. The molecule has 2 heterocycles. The Morgan fingerprint density at radius 2 is 1.41 bits per heavy atom. The Balaban J connectivity index is 1.57. The molecule has 0 spiro atoms. The molecule has 1 aliphatic rings. The summed E-state index contributed by atoms with van der Waals surface area (Å²) >= 11 is 0. The van der Waals surface area contributed by atoms with Crippen molar-refractivity contribution in [3.05, 3.63) is 166 Å². The van der Waals surface area contributed by atoms with Crippen molar-refractivity contribution in [3.8, 4) is 0 Å². The summed E-state index contributed by atoms with van der Waals surface area (Å²) < 4.78 is 44.1. The molecule has 228 valence electrons. The number of nitrogens with zero attached hydrogens (tertiary/aromatic N) is 1. The van der Waals surface area contributed by atoms with E-state index < -0.39 is 43.1 Å². The first-order valence-electron chi connectivity index (χ1n) is 13.9. The fourth-order valence-corrected chi connectivity index (χ4v) is 6.40. The van der Waals surface area contributed by atoms with Gasteiger partial charge in [-0.25, -0.2) is 9.36 Å². The number of phosphoric ester groups is 1. The van der Waals surface area contributed by atoms with Crippen molar-refractivity contribution in [2.75, 3.05) is 6.61 Å². The smallest absolute Gasteiger partial charge is 0.404 e. The minimum absolute atomic E-state index is 0.0550. The lowest BCUT2D eigenvalue weighted by molar-refractivity contribution is -0.0936. The lowest BCUT2D eigenvalue weighted by Crippen LogP contribution is -2.38. The summed E-state index contributed by atoms with van der Waals surface area (Å²) in [7, 11) is -4.21. The molecule has 5 rings (SSSR count). The third-order valence-electron chi connectivity index (χ3n) is 7.31. The van der Waals surface area contributed by atoms with Crippen molar-refractivity contribution in [1.82, 2.24) is 9.55 Å². The van der Waals surface area contributed by atoms with Gasteiger partial charge in [0.2, 0.25) is 0 Å². The standard InChI is InChI=1S/C33H33N2O8P/c1-4-40-44(38,41-5-2)43-28-21-30(35-22-24(3)31(36)34-32(35)37)42-29(28)23-39-33(25-15-9-6-10-16-25,26-17-11-7-12-18-26)27-19-13-8-14-20-27/h4-20,22,28-30H,1-2,21,23H2,3H3,(H,34,36,37)/t28-,29+,30+/m0/s1. The predicted molar refractivity (Wildman–Crippen MR) is 165 cm³/mol. The summed E-state index contributed by atoms with van der Waals surface area (Å²) in [6, 6.07) is 29.3. The van der Waals surface area contributed by atoms with Gasteiger partial charge in [0.05, 0.1) is 19.1 Å². The Morgan fingerprint density at radius 3 is 1.89 bits per heavy atom. The van der Waals surface area contributed by atoms with Crippen LogP contribution in [0.2, 0.25) is 0 Å². The molecule has 3 aromatic carbocycles. The summed E-state index contributed by atoms with van der Waals surface area (Å²) in [5.41, 5.74) is 0.676. The lowest BCUT2D eigenvalue weighted by atomic mass is 9.80. The molecule has 3 atom stereocenters. The van der Waals surface area contributed by atoms with Crippen LogP contribution in [0.25, 0.3) is 0 Å². The van der Waals surface area contributed by atoms with E-state index in [-0.39, 0.29) is 13.0 Å². The summed E-state index contributed by atoms with van der Waals surface area (Å²) in [6.07, 6.45) is 0.661. The van der Waals surface area contributed by atoms with Crippen LogP contribution in [-0.4, -0.2) is 28.4 Å². The normalized spacial score (nSPS) is 18.4. The number of ether oxygens (including phenoxy) is 2. The van der Waals surface area contributed by atoms with Gasteiger partial charge in [-0.3, -0.25) is 18.9 Å². The molecule has 0 bridgehead atoms. The highest BCUT2D eigenvalue weighted by atomic mass is 31.2. The summed E-state index contributed by atoms with van der Waals surface area (Å²) in [5.74, 6) is 0. The van der Waals surface area contributed by atoms with Crippen LogP contribution in [0.3, 0.4) is 0 Å². The molecule has 1 saturated heterocycles. The molecule has 10 nitrogen and oxygen atoms in total. The monoisotopic (exact) mass is 616 g/mol. The number of nitrogens with one attached hydrogen (secondary N) is 1. The predicted octanol–water partition coefficient (Wildman–Crippen LogP) is 5.95. The number of benzene rings is 3. The number of hydrogen-bond acceptors (Lipinski definition) is 8. The first kappa shape index (κ1) is 31.0. The van der Waals surface area contributed by atoms with Gasteiger partial charge in [0.1, 0.15) is 24.0 Å². The number of aromatic nitrogens is 2. The van der Waals surface area contributed by atoms with Crippen molar-refractivity contribution in [2.24, 2.45) is 0 Å². The Kier molecular flexibility index (Phi) is 9.46. The van der Waals surface area contributed by atoms with E-state index in [1.54, 1.807) is 6.92 Å². The molecule has 11 heteroatoms. The van der Waals surface area contributed by atoms with Crippen LogP contribution in [0.15, 0.2) is 132 Å². The number of hydrogen-bond donors (Lipinski definition) is 1. The summed E-state index contributed by atoms with van der Waals surface area (Å²) in [4.78, 5) is 27.1. The quantitative estimate of drug-likeness (QED) is 0.111. The topological polar surface area (TPSA) is 118 Å². The fraction of sp³-hybridized carbons (Fsp3) is 0.212. The van der Waals surface area contributed by atoms with Crippen LogP contribution in [-0.2, 0) is 33.2 Å². The second kappa shape index (κ2) is 13.4. The molecule has 44 heavy (non-hydrogen) atoms. The van der Waals surface area contributed by atoms with Gasteiger partial charge >= 0.3 is 13.5 Å². The molecule has 0 unspecified atom stereocenters. The van der Waals surface area contributed by atoms with E-state index in [0.29, 0.717) is 5.56 Å². The van der Waals surface area contributed by atoms with Gasteiger partial charge in [-0.1, -0.05) is 104 Å². The molecule has 1 aromatic heterocycles. The molecule has 1 N–H and O–H groups in total. The number of H-pyrrole nitrogens is 1. The maximum atomic E-state index is 13.4. The molecule has 0 saturated carbocycles. The highest BCUT2D eigenvalue weighted by molar-refractivity contribution is 7.48. The Morgan fingerprint density at radius 1 is 0.909 bits per heavy atom. The molecule has 1 fully saturated rings. The Labute approximate surface area is 254 Å². The molecule has 0 radical (unpaired) electrons. The van der Waals surface area contributed by atoms with Gasteiger partial charge in [0, 0.05) is 18.2 Å². The van der Waals surface area contributed by atoms with E-state index in [9.17, 15) is 14.2 Å². The molecule has 0 aliphatic carbocycles. The number of aromatic amines is 1. The number of phosphoric acid groups is 1.